The molecule has 0 aliphatic rings. The van der Waals surface area contributed by atoms with Crippen molar-refractivity contribution >= 4 is 5.91 Å². The summed E-state index contributed by atoms with van der Waals surface area (Å²) in [4.78, 5) is 31.6. The number of para-hydroxylation sites is 1. The summed E-state index contributed by atoms with van der Waals surface area (Å²) >= 11 is 0. The van der Waals surface area contributed by atoms with Crippen LogP contribution in [0.15, 0.2) is 47.4 Å². The Bertz CT molecular complexity index is 875. The number of imidazole rings is 1. The lowest BCUT2D eigenvalue weighted by molar-refractivity contribution is 0.0933. The molecule has 1 aromatic carbocycles. The van der Waals surface area contributed by atoms with Gasteiger partial charge < -0.3 is 10.3 Å². The SMILES string of the molecule is Cc1cnc([C@H](C)NC(=O)c2cc(=O)n(-c3ccccc3)[nH]2)[nH]1. The number of aromatic nitrogens is 4. The standard InChI is InChI=1S/C16H17N5O2/c1-10-9-17-15(18-10)11(2)19-16(23)13-8-14(22)21(20-13)12-6-4-3-5-7-12/h3-9,11,20H,1-2H3,(H,17,18)(H,19,23)/t11-/m0/s1. The van der Waals surface area contributed by atoms with Crippen LogP contribution < -0.4 is 10.9 Å². The van der Waals surface area contributed by atoms with Gasteiger partial charge in [-0.15, -0.1) is 0 Å². The maximum atomic E-state index is 12.3. The Balaban J connectivity index is 1.80. The van der Waals surface area contributed by atoms with Crippen LogP contribution in [0.2, 0.25) is 0 Å². The van der Waals surface area contributed by atoms with E-state index in [-0.39, 0.29) is 23.2 Å². The fourth-order valence-electron chi connectivity index (χ4n) is 2.28. The summed E-state index contributed by atoms with van der Waals surface area (Å²) in [6.45, 7) is 3.71. The zero-order valence-corrected chi connectivity index (χ0v) is 12.8. The number of hydrogen-bond acceptors (Lipinski definition) is 3. The van der Waals surface area contributed by atoms with Gasteiger partial charge in [-0.1, -0.05) is 18.2 Å². The largest absolute Gasteiger partial charge is 0.344 e. The zero-order valence-electron chi connectivity index (χ0n) is 12.8. The van der Waals surface area contributed by atoms with Crippen molar-refractivity contribution in [1.82, 2.24) is 25.1 Å². The second kappa shape index (κ2) is 5.96. The molecular weight excluding hydrogens is 294 g/mol. The van der Waals surface area contributed by atoms with Crippen LogP contribution in [-0.2, 0) is 0 Å². The van der Waals surface area contributed by atoms with Gasteiger partial charge in [-0.3, -0.25) is 14.7 Å². The maximum absolute atomic E-state index is 12.3. The first-order chi connectivity index (χ1) is 11.0. The summed E-state index contributed by atoms with van der Waals surface area (Å²) in [6.07, 6.45) is 1.70. The number of carbonyl (C=O) groups is 1. The van der Waals surface area contributed by atoms with Crippen molar-refractivity contribution in [2.45, 2.75) is 19.9 Å². The number of rotatable bonds is 4. The molecule has 0 unspecified atom stereocenters. The Hall–Kier alpha value is -3.09. The molecule has 0 radical (unpaired) electrons. The van der Waals surface area contributed by atoms with Gasteiger partial charge in [-0.25, -0.2) is 9.67 Å². The zero-order chi connectivity index (χ0) is 16.4. The normalized spacial score (nSPS) is 12.1. The molecule has 3 rings (SSSR count). The Morgan fingerprint density at radius 1 is 1.30 bits per heavy atom. The van der Waals surface area contributed by atoms with Gasteiger partial charge in [0, 0.05) is 18.0 Å². The molecule has 1 amide bonds. The molecule has 0 spiro atoms. The lowest BCUT2D eigenvalue weighted by Gasteiger charge is -2.10. The van der Waals surface area contributed by atoms with Gasteiger partial charge >= 0.3 is 0 Å². The Labute approximate surface area is 132 Å². The predicted molar refractivity (Wildman–Crippen MR) is 85.6 cm³/mol. The van der Waals surface area contributed by atoms with E-state index in [0.29, 0.717) is 11.5 Å². The maximum Gasteiger partial charge on any atom is 0.271 e. The van der Waals surface area contributed by atoms with E-state index in [2.05, 4.69) is 20.4 Å². The molecule has 0 saturated heterocycles. The van der Waals surface area contributed by atoms with E-state index in [9.17, 15) is 9.59 Å². The van der Waals surface area contributed by atoms with E-state index in [1.165, 1.54) is 10.7 Å². The van der Waals surface area contributed by atoms with Crippen molar-refractivity contribution in [3.8, 4) is 5.69 Å². The summed E-state index contributed by atoms with van der Waals surface area (Å²) < 4.78 is 1.33. The molecule has 0 saturated carbocycles. The van der Waals surface area contributed by atoms with Gasteiger partial charge in [0.05, 0.1) is 11.7 Å². The van der Waals surface area contributed by atoms with E-state index in [0.717, 1.165) is 5.69 Å². The van der Waals surface area contributed by atoms with Crippen molar-refractivity contribution < 1.29 is 4.79 Å². The molecule has 2 aromatic heterocycles. The van der Waals surface area contributed by atoms with Crippen LogP contribution in [0, 0.1) is 6.92 Å². The molecular formula is C16H17N5O2. The lowest BCUT2D eigenvalue weighted by Crippen LogP contribution is -2.27. The Morgan fingerprint density at radius 3 is 2.70 bits per heavy atom. The summed E-state index contributed by atoms with van der Waals surface area (Å²) in [5, 5.41) is 5.62. The van der Waals surface area contributed by atoms with E-state index in [1.807, 2.05) is 32.0 Å². The topological polar surface area (TPSA) is 95.6 Å². The van der Waals surface area contributed by atoms with E-state index in [4.69, 9.17) is 0 Å². The number of hydrogen-bond donors (Lipinski definition) is 3. The fourth-order valence-corrected chi connectivity index (χ4v) is 2.28. The minimum absolute atomic E-state index is 0.203. The molecule has 0 bridgehead atoms. The van der Waals surface area contributed by atoms with Gasteiger partial charge in [0.25, 0.3) is 11.5 Å². The van der Waals surface area contributed by atoms with Crippen LogP contribution in [0.4, 0.5) is 0 Å². The van der Waals surface area contributed by atoms with Crippen molar-refractivity contribution in [3.63, 3.8) is 0 Å². The number of nitrogens with one attached hydrogen (secondary N) is 3. The van der Waals surface area contributed by atoms with Crippen LogP contribution >= 0.6 is 0 Å². The van der Waals surface area contributed by atoms with Gasteiger partial charge in [0.2, 0.25) is 0 Å². The summed E-state index contributed by atoms with van der Waals surface area (Å²) in [5.74, 6) is 0.305. The summed E-state index contributed by atoms with van der Waals surface area (Å²) in [7, 11) is 0. The van der Waals surface area contributed by atoms with Crippen LogP contribution in [0.1, 0.15) is 35.0 Å². The van der Waals surface area contributed by atoms with Crippen molar-refractivity contribution in [3.05, 3.63) is 70.2 Å². The number of nitrogens with zero attached hydrogens (tertiary/aromatic N) is 2. The van der Waals surface area contributed by atoms with Crippen LogP contribution in [0.5, 0.6) is 0 Å². The molecule has 0 fully saturated rings. The molecule has 3 aromatic rings. The average Bonchev–Trinajstić information content (AvgIpc) is 3.14. The third-order valence-electron chi connectivity index (χ3n) is 3.46. The van der Waals surface area contributed by atoms with Crippen molar-refractivity contribution in [2.24, 2.45) is 0 Å². The number of aromatic amines is 2. The van der Waals surface area contributed by atoms with E-state index in [1.54, 1.807) is 18.3 Å². The highest BCUT2D eigenvalue weighted by atomic mass is 16.2. The highest BCUT2D eigenvalue weighted by Gasteiger charge is 2.16. The molecule has 3 N–H and O–H groups in total. The van der Waals surface area contributed by atoms with Gasteiger partial charge in [0.1, 0.15) is 11.5 Å². The molecule has 7 heteroatoms. The van der Waals surface area contributed by atoms with Gasteiger partial charge in [-0.2, -0.15) is 0 Å². The predicted octanol–water partition coefficient (Wildman–Crippen LogP) is 1.69. The monoisotopic (exact) mass is 311 g/mol. The Kier molecular flexibility index (Phi) is 3.84. The van der Waals surface area contributed by atoms with Crippen LogP contribution in [-0.4, -0.2) is 25.7 Å². The molecule has 118 valence electrons. The minimum atomic E-state index is -0.363. The first-order valence-corrected chi connectivity index (χ1v) is 7.24. The second-order valence-electron chi connectivity index (χ2n) is 5.33. The van der Waals surface area contributed by atoms with Crippen LogP contribution in [0.25, 0.3) is 5.69 Å². The number of H-pyrrole nitrogens is 2. The molecule has 23 heavy (non-hydrogen) atoms. The highest BCUT2D eigenvalue weighted by Crippen LogP contribution is 2.09. The third kappa shape index (κ3) is 3.08. The van der Waals surface area contributed by atoms with E-state index >= 15 is 0 Å². The first-order valence-electron chi connectivity index (χ1n) is 7.24. The van der Waals surface area contributed by atoms with Gasteiger partial charge in [-0.05, 0) is 26.0 Å². The quantitative estimate of drug-likeness (QED) is 0.684. The van der Waals surface area contributed by atoms with Crippen molar-refractivity contribution in [2.75, 3.05) is 0 Å². The molecule has 2 heterocycles. The van der Waals surface area contributed by atoms with Gasteiger partial charge in [0.15, 0.2) is 0 Å². The third-order valence-corrected chi connectivity index (χ3v) is 3.46. The number of benzene rings is 1. The summed E-state index contributed by atoms with van der Waals surface area (Å²) in [6, 6.07) is 10.1. The fraction of sp³-hybridized carbons (Fsp3) is 0.188. The Morgan fingerprint density at radius 2 is 2.04 bits per heavy atom. The minimum Gasteiger partial charge on any atom is -0.344 e. The number of carbonyl (C=O) groups excluding carboxylic acids is 1. The van der Waals surface area contributed by atoms with Crippen LogP contribution in [0.3, 0.4) is 0 Å². The second-order valence-corrected chi connectivity index (χ2v) is 5.33. The number of amides is 1. The lowest BCUT2D eigenvalue weighted by atomic mass is 10.3. The van der Waals surface area contributed by atoms with Crippen molar-refractivity contribution in [1.29, 1.82) is 0 Å². The van der Waals surface area contributed by atoms with E-state index < -0.39 is 0 Å². The summed E-state index contributed by atoms with van der Waals surface area (Å²) in [5.41, 5.74) is 1.51. The molecule has 7 nitrogen and oxygen atoms in total. The first kappa shape index (κ1) is 14.8. The smallest absolute Gasteiger partial charge is 0.271 e. The molecule has 1 atom stereocenters. The molecule has 0 aliphatic heterocycles. The molecule has 0 aliphatic carbocycles. The number of aryl methyl sites for hydroxylation is 1. The average molecular weight is 311 g/mol. The highest BCUT2D eigenvalue weighted by molar-refractivity contribution is 5.92.